The Bertz CT molecular complexity index is 1250. The molecule has 2 N–H and O–H groups in total. The molecular weight excluding hydrogens is 442 g/mol. The zero-order valence-electron chi connectivity index (χ0n) is 17.9. The fraction of sp³-hybridized carbons (Fsp3) is 0.208. The number of morpholine rings is 1. The van der Waals surface area contributed by atoms with Crippen LogP contribution in [0.4, 0.5) is 0 Å². The van der Waals surface area contributed by atoms with E-state index in [1.807, 2.05) is 48.5 Å². The Kier molecular flexibility index (Phi) is 7.05. The summed E-state index contributed by atoms with van der Waals surface area (Å²) in [4.78, 5) is 13.7. The molecule has 4 rings (SSSR count). The van der Waals surface area contributed by atoms with Crippen LogP contribution in [0, 0.1) is 0 Å². The minimum Gasteiger partial charge on any atom is -0.379 e. The van der Waals surface area contributed by atoms with Crippen LogP contribution in [0.1, 0.15) is 11.1 Å². The average molecular weight is 468 g/mol. The van der Waals surface area contributed by atoms with E-state index in [1.165, 1.54) is 23.9 Å². The van der Waals surface area contributed by atoms with Gasteiger partial charge in [-0.1, -0.05) is 48.5 Å². The van der Waals surface area contributed by atoms with E-state index in [0.29, 0.717) is 36.4 Å². The van der Waals surface area contributed by atoms with Crippen LogP contribution < -0.4 is 5.48 Å². The summed E-state index contributed by atoms with van der Waals surface area (Å²) in [6, 6.07) is 16.6. The summed E-state index contributed by atoms with van der Waals surface area (Å²) in [5, 5.41) is 8.64. The molecule has 1 aliphatic rings. The molecule has 9 heteroatoms. The summed E-state index contributed by atoms with van der Waals surface area (Å²) in [7, 11) is -3.95. The number of hydrogen-bond donors (Lipinski definition) is 2. The number of amides is 1. The summed E-state index contributed by atoms with van der Waals surface area (Å²) >= 11 is 0. The van der Waals surface area contributed by atoms with Crippen LogP contribution in [0.3, 0.4) is 0 Å². The first-order chi connectivity index (χ1) is 16.0. The third kappa shape index (κ3) is 5.23. The van der Waals surface area contributed by atoms with Crippen LogP contribution in [0.15, 0.2) is 78.0 Å². The van der Waals surface area contributed by atoms with E-state index >= 15 is 0 Å². The molecule has 0 bridgehead atoms. The maximum Gasteiger partial charge on any atom is 0.268 e. The minimum atomic E-state index is -3.95. The van der Waals surface area contributed by atoms with E-state index in [1.54, 1.807) is 6.07 Å². The van der Waals surface area contributed by atoms with Gasteiger partial charge in [0.15, 0.2) is 0 Å². The van der Waals surface area contributed by atoms with E-state index in [9.17, 15) is 13.2 Å². The van der Waals surface area contributed by atoms with Crippen LogP contribution in [-0.2, 0) is 26.1 Å². The van der Waals surface area contributed by atoms with Crippen molar-refractivity contribution in [1.29, 1.82) is 0 Å². The Morgan fingerprint density at radius 2 is 1.82 bits per heavy atom. The first-order valence-electron chi connectivity index (χ1n) is 10.5. The predicted molar refractivity (Wildman–Crippen MR) is 124 cm³/mol. The quantitative estimate of drug-likeness (QED) is 0.315. The van der Waals surface area contributed by atoms with Crippen LogP contribution in [0.25, 0.3) is 17.2 Å². The first kappa shape index (κ1) is 22.9. The van der Waals surface area contributed by atoms with Gasteiger partial charge in [0, 0.05) is 43.7 Å². The smallest absolute Gasteiger partial charge is 0.268 e. The molecule has 3 aromatic rings. The SMILES string of the molecule is O=C(/C=C/c1ccn(S(=O)(=O)c2c(CN3CCOCC3)cccc2-c2ccccc2)c1)NO. The molecule has 1 fully saturated rings. The molecule has 1 aliphatic heterocycles. The molecule has 0 spiro atoms. The van der Waals surface area contributed by atoms with E-state index in [4.69, 9.17) is 9.94 Å². The second-order valence-corrected chi connectivity index (χ2v) is 9.42. The molecule has 0 radical (unpaired) electrons. The predicted octanol–water partition coefficient (Wildman–Crippen LogP) is 2.74. The Hall–Kier alpha value is -3.24. The number of hydrogen-bond acceptors (Lipinski definition) is 6. The molecule has 0 unspecified atom stereocenters. The summed E-state index contributed by atoms with van der Waals surface area (Å²) in [5.74, 6) is -0.701. The molecular formula is C24H25N3O5S. The van der Waals surface area contributed by atoms with Crippen molar-refractivity contribution in [3.63, 3.8) is 0 Å². The molecule has 0 atom stereocenters. The number of nitrogens with one attached hydrogen (secondary N) is 1. The third-order valence-electron chi connectivity index (χ3n) is 5.44. The van der Waals surface area contributed by atoms with E-state index in [-0.39, 0.29) is 4.90 Å². The number of hydroxylamine groups is 1. The normalized spacial score (nSPS) is 15.1. The van der Waals surface area contributed by atoms with Crippen LogP contribution in [-0.4, -0.2) is 54.7 Å². The Morgan fingerprint density at radius 1 is 1.06 bits per heavy atom. The highest BCUT2D eigenvalue weighted by atomic mass is 32.2. The van der Waals surface area contributed by atoms with Crippen molar-refractivity contribution in [2.75, 3.05) is 26.3 Å². The largest absolute Gasteiger partial charge is 0.379 e. The van der Waals surface area contributed by atoms with Crippen LogP contribution in [0.2, 0.25) is 0 Å². The van der Waals surface area contributed by atoms with E-state index in [2.05, 4.69) is 4.90 Å². The second-order valence-electron chi connectivity index (χ2n) is 7.64. The van der Waals surface area contributed by atoms with Gasteiger partial charge in [-0.15, -0.1) is 0 Å². The fourth-order valence-electron chi connectivity index (χ4n) is 3.81. The van der Waals surface area contributed by atoms with E-state index < -0.39 is 15.9 Å². The molecule has 1 amide bonds. The van der Waals surface area contributed by atoms with Gasteiger partial charge in [0.2, 0.25) is 0 Å². The highest BCUT2D eigenvalue weighted by Crippen LogP contribution is 2.33. The fourth-order valence-corrected chi connectivity index (χ4v) is 5.43. The summed E-state index contributed by atoms with van der Waals surface area (Å²) in [5.41, 5.74) is 4.17. The summed E-state index contributed by atoms with van der Waals surface area (Å²) in [6.07, 6.45) is 5.44. The van der Waals surface area contributed by atoms with Crippen molar-refractivity contribution in [3.05, 3.63) is 84.2 Å². The number of aromatic nitrogens is 1. The molecule has 2 aromatic carbocycles. The topological polar surface area (TPSA) is 101 Å². The van der Waals surface area contributed by atoms with Gasteiger partial charge >= 0.3 is 0 Å². The van der Waals surface area contributed by atoms with E-state index in [0.717, 1.165) is 28.7 Å². The van der Waals surface area contributed by atoms with Crippen molar-refractivity contribution < 1.29 is 23.2 Å². The van der Waals surface area contributed by atoms with Gasteiger partial charge in [0.05, 0.1) is 13.2 Å². The Morgan fingerprint density at radius 3 is 2.55 bits per heavy atom. The lowest BCUT2D eigenvalue weighted by Gasteiger charge is -2.28. The van der Waals surface area contributed by atoms with Gasteiger partial charge in [0.25, 0.3) is 15.9 Å². The van der Waals surface area contributed by atoms with Crippen LogP contribution in [0.5, 0.6) is 0 Å². The Balaban J connectivity index is 1.79. The number of carbonyl (C=O) groups is 1. The maximum atomic E-state index is 13.9. The van der Waals surface area contributed by atoms with Gasteiger partial charge in [-0.3, -0.25) is 14.9 Å². The van der Waals surface area contributed by atoms with Crippen molar-refractivity contribution in [2.45, 2.75) is 11.4 Å². The first-order valence-corrected chi connectivity index (χ1v) is 12.0. The zero-order chi connectivity index (χ0) is 23.3. The number of carbonyl (C=O) groups excluding carboxylic acids is 1. The minimum absolute atomic E-state index is 0.252. The van der Waals surface area contributed by atoms with Gasteiger partial charge in [-0.05, 0) is 28.8 Å². The zero-order valence-corrected chi connectivity index (χ0v) is 18.7. The molecule has 172 valence electrons. The molecule has 2 heterocycles. The standard InChI is InChI=1S/C24H25N3O5S/c28-23(25-29)10-9-19-11-12-27(17-19)33(30,31)24-21(18-26-13-15-32-16-14-26)7-4-8-22(24)20-5-2-1-3-6-20/h1-12,17,29H,13-16,18H2,(H,25,28)/b10-9+. The van der Waals surface area contributed by atoms with Crippen molar-refractivity contribution >= 4 is 22.0 Å². The molecule has 1 saturated heterocycles. The monoisotopic (exact) mass is 467 g/mol. The number of nitrogens with zero attached hydrogens (tertiary/aromatic N) is 2. The van der Waals surface area contributed by atoms with Crippen molar-refractivity contribution in [1.82, 2.24) is 14.4 Å². The molecule has 8 nitrogen and oxygen atoms in total. The molecule has 33 heavy (non-hydrogen) atoms. The highest BCUT2D eigenvalue weighted by molar-refractivity contribution is 7.90. The third-order valence-corrected chi connectivity index (χ3v) is 7.22. The summed E-state index contributed by atoms with van der Waals surface area (Å²) in [6.45, 7) is 3.20. The van der Waals surface area contributed by atoms with Crippen molar-refractivity contribution in [2.24, 2.45) is 0 Å². The molecule has 0 saturated carbocycles. The van der Waals surface area contributed by atoms with Gasteiger partial charge in [-0.25, -0.2) is 17.9 Å². The average Bonchev–Trinajstić information content (AvgIpc) is 3.33. The maximum absolute atomic E-state index is 13.9. The lowest BCUT2D eigenvalue weighted by molar-refractivity contribution is -0.124. The molecule has 1 aromatic heterocycles. The Labute approximate surface area is 192 Å². The number of ether oxygens (including phenoxy) is 1. The lowest BCUT2D eigenvalue weighted by Crippen LogP contribution is -2.36. The van der Waals surface area contributed by atoms with Gasteiger partial charge < -0.3 is 4.74 Å². The van der Waals surface area contributed by atoms with Gasteiger partial charge in [0.1, 0.15) is 4.90 Å². The number of benzene rings is 2. The van der Waals surface area contributed by atoms with Crippen molar-refractivity contribution in [3.8, 4) is 11.1 Å². The number of rotatable bonds is 7. The lowest BCUT2D eigenvalue weighted by atomic mass is 10.0. The summed E-state index contributed by atoms with van der Waals surface area (Å²) < 4.78 is 34.3. The van der Waals surface area contributed by atoms with Crippen LogP contribution >= 0.6 is 0 Å². The molecule has 0 aliphatic carbocycles. The van der Waals surface area contributed by atoms with Gasteiger partial charge in [-0.2, -0.15) is 0 Å². The highest BCUT2D eigenvalue weighted by Gasteiger charge is 2.26. The second kappa shape index (κ2) is 10.1.